The van der Waals surface area contributed by atoms with E-state index in [2.05, 4.69) is 5.32 Å². The summed E-state index contributed by atoms with van der Waals surface area (Å²) < 4.78 is 1.54. The number of halogens is 1. The lowest BCUT2D eigenvalue weighted by atomic mass is 9.96. The molecule has 138 valence electrons. The molecule has 1 N–H and O–H groups in total. The normalized spacial score (nSPS) is 15.9. The van der Waals surface area contributed by atoms with E-state index in [0.29, 0.717) is 17.1 Å². The zero-order valence-electron chi connectivity index (χ0n) is 14.9. The van der Waals surface area contributed by atoms with Gasteiger partial charge in [0.15, 0.2) is 0 Å². The van der Waals surface area contributed by atoms with Crippen molar-refractivity contribution in [3.05, 3.63) is 69.1 Å². The van der Waals surface area contributed by atoms with E-state index in [1.54, 1.807) is 18.3 Å². The van der Waals surface area contributed by atoms with Crippen LogP contribution in [0.5, 0.6) is 0 Å². The summed E-state index contributed by atoms with van der Waals surface area (Å²) in [6.45, 7) is 0.350. The molecule has 26 heavy (non-hydrogen) atoms. The molecule has 1 aromatic carbocycles. The van der Waals surface area contributed by atoms with Crippen LogP contribution in [0.15, 0.2) is 47.4 Å². The molecule has 1 aliphatic carbocycles. The predicted molar refractivity (Wildman–Crippen MR) is 105 cm³/mol. The Hall–Kier alpha value is -2.07. The van der Waals surface area contributed by atoms with Gasteiger partial charge in [-0.15, -0.1) is 0 Å². The molecule has 2 aromatic rings. The van der Waals surface area contributed by atoms with Gasteiger partial charge < -0.3 is 9.88 Å². The van der Waals surface area contributed by atoms with E-state index in [1.807, 2.05) is 18.2 Å². The second-order valence-corrected chi connectivity index (χ2v) is 7.40. The monoisotopic (exact) mass is 372 g/mol. The Balaban J connectivity index is 1.72. The lowest BCUT2D eigenvalue weighted by Crippen LogP contribution is -2.36. The minimum absolute atomic E-state index is 0.108. The molecule has 1 aromatic heterocycles. The maximum atomic E-state index is 12.6. The number of nitrogens with one attached hydrogen (secondary N) is 1. The SMILES string of the molecule is O=C(NC1CCCCCCC1)c1ccc(=O)n(Cc2ccccc2Cl)c1. The summed E-state index contributed by atoms with van der Waals surface area (Å²) in [7, 11) is 0. The van der Waals surface area contributed by atoms with Crippen molar-refractivity contribution in [3.8, 4) is 0 Å². The van der Waals surface area contributed by atoms with Gasteiger partial charge in [0.1, 0.15) is 0 Å². The molecule has 0 bridgehead atoms. The molecule has 0 spiro atoms. The first-order valence-corrected chi connectivity index (χ1v) is 9.76. The molecule has 1 fully saturated rings. The fourth-order valence-corrected chi connectivity index (χ4v) is 3.66. The summed E-state index contributed by atoms with van der Waals surface area (Å²) in [6.07, 6.45) is 9.81. The number of aromatic nitrogens is 1. The number of rotatable bonds is 4. The van der Waals surface area contributed by atoms with Gasteiger partial charge in [0.05, 0.1) is 12.1 Å². The van der Waals surface area contributed by atoms with Crippen molar-refractivity contribution in [3.63, 3.8) is 0 Å². The number of nitrogens with zero attached hydrogens (tertiary/aromatic N) is 1. The molecule has 1 amide bonds. The zero-order chi connectivity index (χ0) is 18.4. The molecule has 5 heteroatoms. The third-order valence-electron chi connectivity index (χ3n) is 4.98. The van der Waals surface area contributed by atoms with Crippen molar-refractivity contribution in [2.24, 2.45) is 0 Å². The van der Waals surface area contributed by atoms with Crippen LogP contribution in [-0.2, 0) is 6.54 Å². The maximum absolute atomic E-state index is 12.6. The Bertz CT molecular complexity index is 808. The third kappa shape index (κ3) is 4.98. The van der Waals surface area contributed by atoms with Gasteiger partial charge in [0.2, 0.25) is 0 Å². The fraction of sp³-hybridized carbons (Fsp3) is 0.429. The van der Waals surface area contributed by atoms with Crippen LogP contribution in [0.25, 0.3) is 0 Å². The predicted octanol–water partition coefficient (Wildman–Crippen LogP) is 4.39. The highest BCUT2D eigenvalue weighted by atomic mass is 35.5. The van der Waals surface area contributed by atoms with Crippen molar-refractivity contribution in [2.75, 3.05) is 0 Å². The van der Waals surface area contributed by atoms with Gasteiger partial charge in [0.25, 0.3) is 11.5 Å². The first kappa shape index (κ1) is 18.7. The fourth-order valence-electron chi connectivity index (χ4n) is 3.47. The Kier molecular flexibility index (Phi) is 6.51. The standard InChI is InChI=1S/C21H25ClN2O2/c22-19-11-7-6-8-16(19)14-24-15-17(12-13-20(24)25)21(26)23-18-9-4-2-1-3-5-10-18/h6-8,11-13,15,18H,1-5,9-10,14H2,(H,23,26). The Morgan fingerprint density at radius 3 is 2.46 bits per heavy atom. The summed E-state index contributed by atoms with van der Waals surface area (Å²) in [4.78, 5) is 24.8. The van der Waals surface area contributed by atoms with Crippen molar-refractivity contribution in [1.29, 1.82) is 0 Å². The molecular weight excluding hydrogens is 348 g/mol. The highest BCUT2D eigenvalue weighted by molar-refractivity contribution is 6.31. The summed E-state index contributed by atoms with van der Waals surface area (Å²) in [6, 6.07) is 10.7. The molecule has 0 saturated heterocycles. The van der Waals surface area contributed by atoms with Gasteiger partial charge in [0, 0.05) is 23.3 Å². The highest BCUT2D eigenvalue weighted by Gasteiger charge is 2.16. The van der Waals surface area contributed by atoms with E-state index < -0.39 is 0 Å². The van der Waals surface area contributed by atoms with Gasteiger partial charge in [-0.3, -0.25) is 9.59 Å². The summed E-state index contributed by atoms with van der Waals surface area (Å²) in [5, 5.41) is 3.76. The van der Waals surface area contributed by atoms with Crippen molar-refractivity contribution < 1.29 is 4.79 Å². The molecule has 3 rings (SSSR count). The van der Waals surface area contributed by atoms with Crippen LogP contribution >= 0.6 is 11.6 Å². The van der Waals surface area contributed by atoms with E-state index in [0.717, 1.165) is 31.2 Å². The van der Waals surface area contributed by atoms with Crippen LogP contribution in [0.2, 0.25) is 5.02 Å². The number of hydrogen-bond donors (Lipinski definition) is 1. The largest absolute Gasteiger partial charge is 0.349 e. The second kappa shape index (κ2) is 9.04. The topological polar surface area (TPSA) is 51.1 Å². The van der Waals surface area contributed by atoms with E-state index in [4.69, 9.17) is 11.6 Å². The van der Waals surface area contributed by atoms with Gasteiger partial charge in [-0.2, -0.15) is 0 Å². The summed E-state index contributed by atoms with van der Waals surface area (Å²) >= 11 is 6.19. The van der Waals surface area contributed by atoms with E-state index in [9.17, 15) is 9.59 Å². The quantitative estimate of drug-likeness (QED) is 0.865. The van der Waals surface area contributed by atoms with Crippen molar-refractivity contribution in [1.82, 2.24) is 9.88 Å². The van der Waals surface area contributed by atoms with Crippen LogP contribution in [0.1, 0.15) is 60.9 Å². The smallest absolute Gasteiger partial charge is 0.252 e. The number of amides is 1. The summed E-state index contributed by atoms with van der Waals surface area (Å²) in [5.74, 6) is -0.108. The van der Waals surface area contributed by atoms with Crippen LogP contribution in [0.3, 0.4) is 0 Å². The van der Waals surface area contributed by atoms with Gasteiger partial charge in [-0.1, -0.05) is 61.9 Å². The molecule has 1 saturated carbocycles. The zero-order valence-corrected chi connectivity index (χ0v) is 15.7. The minimum atomic E-state index is -0.146. The highest BCUT2D eigenvalue weighted by Crippen LogP contribution is 2.18. The number of hydrogen-bond acceptors (Lipinski definition) is 2. The summed E-state index contributed by atoms with van der Waals surface area (Å²) in [5.41, 5.74) is 1.22. The molecule has 0 aliphatic heterocycles. The molecule has 4 nitrogen and oxygen atoms in total. The molecule has 0 atom stereocenters. The Labute approximate surface area is 159 Å². The second-order valence-electron chi connectivity index (χ2n) is 6.99. The van der Waals surface area contributed by atoms with Crippen LogP contribution in [0, 0.1) is 0 Å². The number of pyridine rings is 1. The lowest BCUT2D eigenvalue weighted by molar-refractivity contribution is 0.0929. The Morgan fingerprint density at radius 1 is 1.04 bits per heavy atom. The van der Waals surface area contributed by atoms with E-state index in [1.165, 1.54) is 29.9 Å². The number of carbonyl (C=O) groups is 1. The minimum Gasteiger partial charge on any atom is -0.349 e. The maximum Gasteiger partial charge on any atom is 0.252 e. The van der Waals surface area contributed by atoms with Crippen molar-refractivity contribution >= 4 is 17.5 Å². The molecular formula is C21H25ClN2O2. The average Bonchev–Trinajstić information content (AvgIpc) is 2.61. The number of carbonyl (C=O) groups excluding carboxylic acids is 1. The van der Waals surface area contributed by atoms with Crippen LogP contribution in [0.4, 0.5) is 0 Å². The van der Waals surface area contributed by atoms with E-state index in [-0.39, 0.29) is 17.5 Å². The molecule has 1 aliphatic rings. The third-order valence-corrected chi connectivity index (χ3v) is 5.35. The van der Waals surface area contributed by atoms with Crippen LogP contribution in [-0.4, -0.2) is 16.5 Å². The molecule has 0 unspecified atom stereocenters. The lowest BCUT2D eigenvalue weighted by Gasteiger charge is -2.21. The van der Waals surface area contributed by atoms with E-state index >= 15 is 0 Å². The first-order valence-electron chi connectivity index (χ1n) is 9.38. The Morgan fingerprint density at radius 2 is 1.73 bits per heavy atom. The first-order chi connectivity index (χ1) is 12.6. The van der Waals surface area contributed by atoms with Gasteiger partial charge >= 0.3 is 0 Å². The van der Waals surface area contributed by atoms with Crippen molar-refractivity contribution in [2.45, 2.75) is 57.5 Å². The van der Waals surface area contributed by atoms with Crippen LogP contribution < -0.4 is 10.9 Å². The average molecular weight is 373 g/mol. The van der Waals surface area contributed by atoms with Gasteiger partial charge in [-0.25, -0.2) is 0 Å². The molecule has 0 radical (unpaired) electrons. The molecule has 1 heterocycles. The number of benzene rings is 1. The van der Waals surface area contributed by atoms with Gasteiger partial charge in [-0.05, 0) is 30.5 Å².